The molecule has 62 valence electrons. The zero-order chi connectivity index (χ0) is 8.44. The molecule has 0 radical (unpaired) electrons. The first-order valence-corrected chi connectivity index (χ1v) is 3.69. The van der Waals surface area contributed by atoms with Gasteiger partial charge in [0.15, 0.2) is 0 Å². The lowest BCUT2D eigenvalue weighted by Crippen LogP contribution is -2.32. The fourth-order valence-electron chi connectivity index (χ4n) is 1.10. The van der Waals surface area contributed by atoms with Gasteiger partial charge in [-0.1, -0.05) is 6.08 Å². The van der Waals surface area contributed by atoms with Crippen molar-refractivity contribution in [1.29, 1.82) is 0 Å². The van der Waals surface area contributed by atoms with Gasteiger partial charge in [-0.15, -0.1) is 0 Å². The van der Waals surface area contributed by atoms with Crippen molar-refractivity contribution in [3.63, 3.8) is 0 Å². The fraction of sp³-hybridized carbons (Fsp3) is 0.111. The van der Waals surface area contributed by atoms with Gasteiger partial charge in [0.1, 0.15) is 0 Å². The number of ether oxygens (including phenoxy) is 1. The second-order valence-electron chi connectivity index (χ2n) is 2.55. The van der Waals surface area contributed by atoms with E-state index in [1.807, 2.05) is 12.1 Å². The van der Waals surface area contributed by atoms with E-state index in [1.54, 1.807) is 35.2 Å². The molecule has 1 aromatic rings. The number of hydrogen-bond acceptors (Lipinski definition) is 2. The second-order valence-corrected chi connectivity index (χ2v) is 2.55. The van der Waals surface area contributed by atoms with Gasteiger partial charge in [0.05, 0.1) is 6.26 Å². The van der Waals surface area contributed by atoms with Crippen molar-refractivity contribution in [2.24, 2.45) is 0 Å². The van der Waals surface area contributed by atoms with Crippen molar-refractivity contribution in [1.82, 2.24) is 4.57 Å². The quantitative estimate of drug-likeness (QED) is 0.674. The summed E-state index contributed by atoms with van der Waals surface area (Å²) in [5.74, 6) is -1.35. The van der Waals surface area contributed by atoms with Crippen LogP contribution in [0, 0.1) is 0 Å². The molecule has 3 heteroatoms. The Morgan fingerprint density at radius 2 is 1.92 bits per heavy atom. The summed E-state index contributed by atoms with van der Waals surface area (Å²) in [6, 6.07) is 3.65. The summed E-state index contributed by atoms with van der Waals surface area (Å²) < 4.78 is 6.64. The van der Waals surface area contributed by atoms with E-state index in [-0.39, 0.29) is 0 Å². The molecule has 0 saturated carbocycles. The van der Waals surface area contributed by atoms with E-state index in [1.165, 1.54) is 6.26 Å². The summed E-state index contributed by atoms with van der Waals surface area (Å²) in [4.78, 5) is 0. The highest BCUT2D eigenvalue weighted by atomic mass is 16.6. The summed E-state index contributed by atoms with van der Waals surface area (Å²) in [6.45, 7) is 0. The van der Waals surface area contributed by atoms with Crippen molar-refractivity contribution >= 4 is 0 Å². The van der Waals surface area contributed by atoms with Crippen LogP contribution in [0.3, 0.4) is 0 Å². The summed E-state index contributed by atoms with van der Waals surface area (Å²) in [7, 11) is 0. The summed E-state index contributed by atoms with van der Waals surface area (Å²) in [5, 5.41) is 9.83. The SMILES string of the molecule is OC1(n2cccc2)C=CC=CO1. The van der Waals surface area contributed by atoms with E-state index in [9.17, 15) is 5.11 Å². The number of allylic oxidation sites excluding steroid dienone is 2. The molecule has 1 atom stereocenters. The third kappa shape index (κ3) is 1.04. The Morgan fingerprint density at radius 3 is 2.50 bits per heavy atom. The number of aromatic nitrogens is 1. The predicted molar refractivity (Wildman–Crippen MR) is 44.0 cm³/mol. The summed E-state index contributed by atoms with van der Waals surface area (Å²) in [5.41, 5.74) is 0. The minimum atomic E-state index is -1.35. The van der Waals surface area contributed by atoms with Gasteiger partial charge in [-0.2, -0.15) is 0 Å². The van der Waals surface area contributed by atoms with Gasteiger partial charge >= 0.3 is 5.91 Å². The van der Waals surface area contributed by atoms with E-state index < -0.39 is 5.91 Å². The largest absolute Gasteiger partial charge is 0.449 e. The van der Waals surface area contributed by atoms with Crippen LogP contribution in [0.4, 0.5) is 0 Å². The Kier molecular flexibility index (Phi) is 1.52. The van der Waals surface area contributed by atoms with Crippen LogP contribution >= 0.6 is 0 Å². The Morgan fingerprint density at radius 1 is 1.17 bits per heavy atom. The molecule has 0 spiro atoms. The highest BCUT2D eigenvalue weighted by Gasteiger charge is 2.26. The standard InChI is InChI=1S/C9H9NO2/c11-9(5-1-4-8-12-9)10-6-2-3-7-10/h1-8,11H. The van der Waals surface area contributed by atoms with Crippen LogP contribution in [-0.2, 0) is 10.6 Å². The van der Waals surface area contributed by atoms with Gasteiger partial charge in [-0.3, -0.25) is 4.57 Å². The lowest BCUT2D eigenvalue weighted by molar-refractivity contribution is -0.193. The smallest absolute Gasteiger partial charge is 0.316 e. The lowest BCUT2D eigenvalue weighted by Gasteiger charge is -2.26. The molecule has 3 nitrogen and oxygen atoms in total. The number of hydrogen-bond donors (Lipinski definition) is 1. The highest BCUT2D eigenvalue weighted by Crippen LogP contribution is 2.19. The maximum atomic E-state index is 9.83. The van der Waals surface area contributed by atoms with E-state index in [2.05, 4.69) is 0 Å². The molecule has 0 bridgehead atoms. The molecule has 0 aliphatic carbocycles. The first-order valence-electron chi connectivity index (χ1n) is 3.69. The predicted octanol–water partition coefficient (Wildman–Crippen LogP) is 1.19. The molecule has 1 aliphatic heterocycles. The molecule has 1 N–H and O–H groups in total. The maximum Gasteiger partial charge on any atom is 0.316 e. The van der Waals surface area contributed by atoms with E-state index in [4.69, 9.17) is 4.74 Å². The Balaban J connectivity index is 2.34. The minimum absolute atomic E-state index is 1.35. The van der Waals surface area contributed by atoms with Gasteiger partial charge in [0.2, 0.25) is 0 Å². The summed E-state index contributed by atoms with van der Waals surface area (Å²) in [6.07, 6.45) is 9.97. The zero-order valence-electron chi connectivity index (χ0n) is 6.42. The van der Waals surface area contributed by atoms with E-state index >= 15 is 0 Å². The first-order chi connectivity index (χ1) is 5.81. The van der Waals surface area contributed by atoms with Gasteiger partial charge in [-0.25, -0.2) is 0 Å². The molecule has 1 aliphatic rings. The monoisotopic (exact) mass is 163 g/mol. The van der Waals surface area contributed by atoms with Crippen molar-refractivity contribution in [3.8, 4) is 0 Å². The second kappa shape index (κ2) is 2.53. The molecule has 1 aromatic heterocycles. The Bertz CT molecular complexity index is 313. The van der Waals surface area contributed by atoms with Crippen LogP contribution in [0.25, 0.3) is 0 Å². The molecule has 2 heterocycles. The topological polar surface area (TPSA) is 34.4 Å². The molecule has 0 aromatic carbocycles. The van der Waals surface area contributed by atoms with Crippen LogP contribution < -0.4 is 0 Å². The van der Waals surface area contributed by atoms with E-state index in [0.717, 1.165) is 0 Å². The van der Waals surface area contributed by atoms with E-state index in [0.29, 0.717) is 0 Å². The molecule has 0 amide bonds. The molecule has 12 heavy (non-hydrogen) atoms. The molecule has 0 saturated heterocycles. The fourth-order valence-corrected chi connectivity index (χ4v) is 1.10. The third-order valence-electron chi connectivity index (χ3n) is 1.72. The summed E-state index contributed by atoms with van der Waals surface area (Å²) >= 11 is 0. The van der Waals surface area contributed by atoms with Crippen LogP contribution in [0.2, 0.25) is 0 Å². The van der Waals surface area contributed by atoms with Gasteiger partial charge < -0.3 is 9.84 Å². The molecule has 0 fully saturated rings. The van der Waals surface area contributed by atoms with Crippen LogP contribution in [0.1, 0.15) is 0 Å². The van der Waals surface area contributed by atoms with Crippen LogP contribution in [0.15, 0.2) is 49.0 Å². The average molecular weight is 163 g/mol. The van der Waals surface area contributed by atoms with Crippen LogP contribution in [-0.4, -0.2) is 9.67 Å². The normalized spacial score (nSPS) is 27.1. The Labute approximate surface area is 70.2 Å². The number of rotatable bonds is 1. The third-order valence-corrected chi connectivity index (χ3v) is 1.72. The van der Waals surface area contributed by atoms with Crippen molar-refractivity contribution in [2.75, 3.05) is 0 Å². The van der Waals surface area contributed by atoms with Crippen molar-refractivity contribution in [2.45, 2.75) is 5.91 Å². The maximum absolute atomic E-state index is 9.83. The molecule has 1 unspecified atom stereocenters. The minimum Gasteiger partial charge on any atom is -0.449 e. The molecule has 2 rings (SSSR count). The van der Waals surface area contributed by atoms with Crippen LogP contribution in [0.5, 0.6) is 0 Å². The lowest BCUT2D eigenvalue weighted by atomic mass is 10.3. The first kappa shape index (κ1) is 7.18. The van der Waals surface area contributed by atoms with Gasteiger partial charge in [0.25, 0.3) is 0 Å². The highest BCUT2D eigenvalue weighted by molar-refractivity contribution is 5.10. The zero-order valence-corrected chi connectivity index (χ0v) is 6.42. The van der Waals surface area contributed by atoms with Crippen molar-refractivity contribution < 1.29 is 9.84 Å². The molecular weight excluding hydrogens is 154 g/mol. The molecular formula is C9H9NO2. The average Bonchev–Trinajstić information content (AvgIpc) is 2.58. The van der Waals surface area contributed by atoms with Crippen molar-refractivity contribution in [3.05, 3.63) is 49.0 Å². The Hall–Kier alpha value is -1.48. The van der Waals surface area contributed by atoms with Gasteiger partial charge in [0, 0.05) is 18.5 Å². The number of nitrogens with zero attached hydrogens (tertiary/aromatic N) is 1. The van der Waals surface area contributed by atoms with Gasteiger partial charge in [-0.05, 0) is 18.2 Å². The number of aliphatic hydroxyl groups is 1.